The summed E-state index contributed by atoms with van der Waals surface area (Å²) in [5, 5.41) is 21.0. The van der Waals surface area contributed by atoms with Crippen LogP contribution in [0.4, 0.5) is 0 Å². The summed E-state index contributed by atoms with van der Waals surface area (Å²) in [6, 6.07) is 24.6. The van der Waals surface area contributed by atoms with Gasteiger partial charge >= 0.3 is 0 Å². The Kier molecular flexibility index (Phi) is 12.3. The zero-order valence-electron chi connectivity index (χ0n) is 26.4. The van der Waals surface area contributed by atoms with Gasteiger partial charge in [0.25, 0.3) is 0 Å². The summed E-state index contributed by atoms with van der Waals surface area (Å²) in [6.45, 7) is 2.92. The molecule has 0 spiro atoms. The highest BCUT2D eigenvalue weighted by atomic mass is 16.7. The highest BCUT2D eigenvalue weighted by molar-refractivity contribution is 5.78. The Morgan fingerprint density at radius 2 is 1.70 bits per heavy atom. The molecule has 2 amide bonds. The third-order valence-corrected chi connectivity index (χ3v) is 8.75. The summed E-state index contributed by atoms with van der Waals surface area (Å²) in [5.41, 5.74) is 7.42. The van der Waals surface area contributed by atoms with Crippen LogP contribution in [0, 0.1) is 0 Å². The van der Waals surface area contributed by atoms with Crippen molar-refractivity contribution < 1.29 is 34.1 Å². The fourth-order valence-corrected chi connectivity index (χ4v) is 6.29. The first-order valence-electron chi connectivity index (χ1n) is 16.1. The number of hydroxylamine groups is 1. The molecule has 2 aliphatic rings. The summed E-state index contributed by atoms with van der Waals surface area (Å²) in [6.07, 6.45) is 2.91. The standard InChI is InChI=1S/C36H45N3O7/c1-44-24-31-10-5-17-39(31)22-32-20-33(27-15-13-25(23-40)14-16-27)46-36(45-32)30-9-3-8-29(19-30)28-7-2-6-26(18-28)21-37-34(41)11-4-12-35(42)38-43/h2-3,6-9,13-16,18-19,31-33,36,40,43H,4-5,10-12,17,20-24H2,1H3,(H,37,41)(H,38,42)/t31-,32-,33+,36+/m0/s1. The number of aliphatic hydroxyl groups excluding tert-OH is 1. The Morgan fingerprint density at radius 3 is 2.46 bits per heavy atom. The predicted molar refractivity (Wildman–Crippen MR) is 172 cm³/mol. The fourth-order valence-electron chi connectivity index (χ4n) is 6.29. The number of carbonyl (C=O) groups is 2. The van der Waals surface area contributed by atoms with E-state index < -0.39 is 12.2 Å². The Morgan fingerprint density at radius 1 is 0.935 bits per heavy atom. The largest absolute Gasteiger partial charge is 0.392 e. The number of carbonyl (C=O) groups excluding carboxylic acids is 2. The third kappa shape index (κ3) is 9.22. The summed E-state index contributed by atoms with van der Waals surface area (Å²) < 4.78 is 18.8. The second kappa shape index (κ2) is 16.8. The maximum Gasteiger partial charge on any atom is 0.243 e. The van der Waals surface area contributed by atoms with Crippen molar-refractivity contribution in [1.29, 1.82) is 0 Å². The van der Waals surface area contributed by atoms with Gasteiger partial charge in [0.2, 0.25) is 11.8 Å². The molecule has 2 aliphatic heterocycles. The number of amides is 2. The number of hydrogen-bond donors (Lipinski definition) is 4. The van der Waals surface area contributed by atoms with Crippen LogP contribution in [0.5, 0.6) is 0 Å². The highest BCUT2D eigenvalue weighted by Crippen LogP contribution is 2.39. The van der Waals surface area contributed by atoms with Gasteiger partial charge in [-0.3, -0.25) is 19.7 Å². The van der Waals surface area contributed by atoms with E-state index in [1.807, 2.05) is 54.6 Å². The first-order valence-corrected chi connectivity index (χ1v) is 16.1. The molecule has 10 heteroatoms. The number of nitrogens with one attached hydrogen (secondary N) is 2. The highest BCUT2D eigenvalue weighted by Gasteiger charge is 2.35. The number of methoxy groups -OCH3 is 1. The van der Waals surface area contributed by atoms with Crippen molar-refractivity contribution in [2.24, 2.45) is 0 Å². The van der Waals surface area contributed by atoms with E-state index in [4.69, 9.17) is 19.4 Å². The molecule has 0 radical (unpaired) electrons. The topological polar surface area (TPSA) is 130 Å². The first kappa shape index (κ1) is 33.7. The second-order valence-electron chi connectivity index (χ2n) is 12.1. The van der Waals surface area contributed by atoms with Crippen LogP contribution in [0.25, 0.3) is 11.1 Å². The first-order chi connectivity index (χ1) is 22.4. The number of likely N-dealkylation sites (tertiary alicyclic amines) is 1. The van der Waals surface area contributed by atoms with E-state index in [1.54, 1.807) is 12.6 Å². The average Bonchev–Trinajstić information content (AvgIpc) is 3.53. The van der Waals surface area contributed by atoms with Crippen molar-refractivity contribution in [2.45, 2.75) is 76.2 Å². The van der Waals surface area contributed by atoms with E-state index in [1.165, 1.54) is 0 Å². The molecular weight excluding hydrogens is 586 g/mol. The summed E-state index contributed by atoms with van der Waals surface area (Å²) in [5.74, 6) is -0.654. The molecule has 2 heterocycles. The van der Waals surface area contributed by atoms with E-state index in [0.29, 0.717) is 25.6 Å². The zero-order chi connectivity index (χ0) is 32.3. The van der Waals surface area contributed by atoms with Gasteiger partial charge in [-0.2, -0.15) is 0 Å². The Hall–Kier alpha value is -3.64. The van der Waals surface area contributed by atoms with Crippen molar-refractivity contribution in [2.75, 3.05) is 26.8 Å². The number of aliphatic hydroxyl groups is 1. The van der Waals surface area contributed by atoms with Gasteiger partial charge in [-0.05, 0) is 65.8 Å². The third-order valence-electron chi connectivity index (χ3n) is 8.75. The lowest BCUT2D eigenvalue weighted by Crippen LogP contribution is -2.42. The van der Waals surface area contributed by atoms with Gasteiger partial charge in [-0.1, -0.05) is 60.7 Å². The van der Waals surface area contributed by atoms with E-state index in [-0.39, 0.29) is 37.6 Å². The number of rotatable bonds is 14. The Balaban J connectivity index is 1.29. The van der Waals surface area contributed by atoms with Gasteiger partial charge in [0.15, 0.2) is 6.29 Å². The Labute approximate surface area is 270 Å². The van der Waals surface area contributed by atoms with Crippen LogP contribution < -0.4 is 10.8 Å². The number of ether oxygens (including phenoxy) is 3. The van der Waals surface area contributed by atoms with Gasteiger partial charge in [-0.15, -0.1) is 0 Å². The molecule has 0 aromatic heterocycles. The van der Waals surface area contributed by atoms with Crippen molar-refractivity contribution >= 4 is 11.8 Å². The Bertz CT molecular complexity index is 1430. The zero-order valence-corrected chi connectivity index (χ0v) is 26.4. The van der Waals surface area contributed by atoms with Crippen LogP contribution in [0.1, 0.15) is 73.2 Å². The van der Waals surface area contributed by atoms with Crippen molar-refractivity contribution in [3.8, 4) is 11.1 Å². The summed E-state index contributed by atoms with van der Waals surface area (Å²) in [4.78, 5) is 25.9. The lowest BCUT2D eigenvalue weighted by atomic mass is 9.98. The molecule has 46 heavy (non-hydrogen) atoms. The molecule has 5 rings (SSSR count). The smallest absolute Gasteiger partial charge is 0.243 e. The maximum atomic E-state index is 12.3. The molecule has 0 bridgehead atoms. The van der Waals surface area contributed by atoms with Crippen LogP contribution in [-0.4, -0.2) is 66.0 Å². The molecule has 0 aliphatic carbocycles. The summed E-state index contributed by atoms with van der Waals surface area (Å²) in [7, 11) is 1.76. The van der Waals surface area contributed by atoms with E-state index in [0.717, 1.165) is 65.7 Å². The van der Waals surface area contributed by atoms with Gasteiger partial charge in [0.1, 0.15) is 0 Å². The average molecular weight is 632 g/mol. The van der Waals surface area contributed by atoms with Crippen molar-refractivity contribution in [3.63, 3.8) is 0 Å². The maximum absolute atomic E-state index is 12.3. The molecule has 2 saturated heterocycles. The fraction of sp³-hybridized carbons (Fsp3) is 0.444. The molecule has 3 aromatic carbocycles. The molecule has 10 nitrogen and oxygen atoms in total. The van der Waals surface area contributed by atoms with E-state index >= 15 is 0 Å². The van der Waals surface area contributed by atoms with Crippen LogP contribution in [0.15, 0.2) is 72.8 Å². The van der Waals surface area contributed by atoms with Gasteiger partial charge in [0.05, 0.1) is 25.4 Å². The minimum Gasteiger partial charge on any atom is -0.392 e. The lowest BCUT2D eigenvalue weighted by Gasteiger charge is -2.39. The summed E-state index contributed by atoms with van der Waals surface area (Å²) >= 11 is 0. The molecular formula is C36H45N3O7. The minimum absolute atomic E-state index is 0.00187. The van der Waals surface area contributed by atoms with E-state index in [2.05, 4.69) is 28.4 Å². The van der Waals surface area contributed by atoms with Crippen LogP contribution in [-0.2, 0) is 37.0 Å². The van der Waals surface area contributed by atoms with E-state index in [9.17, 15) is 14.7 Å². The van der Waals surface area contributed by atoms with Crippen LogP contribution in [0.3, 0.4) is 0 Å². The van der Waals surface area contributed by atoms with Gasteiger partial charge < -0.3 is 24.6 Å². The molecule has 0 unspecified atom stereocenters. The van der Waals surface area contributed by atoms with Gasteiger partial charge in [-0.25, -0.2) is 5.48 Å². The predicted octanol–water partition coefficient (Wildman–Crippen LogP) is 4.79. The SMILES string of the molecule is COC[C@@H]1CCCN1C[C@@H]1C[C@H](c2ccc(CO)cc2)O[C@H](c2cccc(-c3cccc(CNC(=O)CCCC(=O)NO)c3)c2)O1. The van der Waals surface area contributed by atoms with Crippen LogP contribution >= 0.6 is 0 Å². The van der Waals surface area contributed by atoms with Gasteiger partial charge in [0, 0.05) is 51.1 Å². The molecule has 4 N–H and O–H groups in total. The number of hydrogen-bond acceptors (Lipinski definition) is 8. The molecule has 4 atom stereocenters. The lowest BCUT2D eigenvalue weighted by molar-refractivity contribution is -0.253. The monoisotopic (exact) mass is 631 g/mol. The number of benzene rings is 3. The quantitative estimate of drug-likeness (QED) is 0.148. The molecule has 3 aromatic rings. The van der Waals surface area contributed by atoms with Crippen molar-refractivity contribution in [3.05, 3.63) is 95.1 Å². The van der Waals surface area contributed by atoms with Crippen molar-refractivity contribution in [1.82, 2.24) is 15.7 Å². The normalized spacial score (nSPS) is 21.6. The molecule has 2 fully saturated rings. The second-order valence-corrected chi connectivity index (χ2v) is 12.1. The molecule has 246 valence electrons. The molecule has 0 saturated carbocycles. The minimum atomic E-state index is -0.555. The van der Waals surface area contributed by atoms with Crippen LogP contribution in [0.2, 0.25) is 0 Å². The number of nitrogens with zero attached hydrogens (tertiary/aromatic N) is 1.